The van der Waals surface area contributed by atoms with Crippen LogP contribution >= 0.6 is 0 Å². The summed E-state index contributed by atoms with van der Waals surface area (Å²) < 4.78 is 9.40. The average Bonchev–Trinajstić information content (AvgIpc) is 2.47. The average molecular weight is 201 g/mol. The van der Waals surface area contributed by atoms with Crippen molar-refractivity contribution in [3.05, 3.63) is 0 Å². The Labute approximate surface area is 80.8 Å². The van der Waals surface area contributed by atoms with Crippen LogP contribution in [0, 0.1) is 0 Å². The van der Waals surface area contributed by atoms with E-state index in [1.165, 1.54) is 13.8 Å². The maximum absolute atomic E-state index is 10.5. The van der Waals surface area contributed by atoms with Crippen LogP contribution in [-0.4, -0.2) is 30.5 Å². The molecule has 0 saturated carbocycles. The number of ether oxygens (including phenoxy) is 2. The van der Waals surface area contributed by atoms with Crippen LogP contribution in [0.3, 0.4) is 0 Å². The van der Waals surface area contributed by atoms with Crippen molar-refractivity contribution in [3.63, 3.8) is 0 Å². The Morgan fingerprint density at radius 3 is 2.79 bits per heavy atom. The molecule has 0 aromatic carbocycles. The van der Waals surface area contributed by atoms with Crippen LogP contribution in [0.4, 0.5) is 0 Å². The summed E-state index contributed by atoms with van der Waals surface area (Å²) in [6.07, 6.45) is -0.0133. The molecule has 1 aliphatic heterocycles. The first kappa shape index (κ1) is 10.5. The summed E-state index contributed by atoms with van der Waals surface area (Å²) in [7, 11) is 0. The van der Waals surface area contributed by atoms with E-state index >= 15 is 0 Å². The summed E-state index contributed by atoms with van der Waals surface area (Å²) in [6, 6.07) is 0. The van der Waals surface area contributed by atoms with Crippen LogP contribution in [0.2, 0.25) is 0 Å². The van der Waals surface area contributed by atoms with Crippen LogP contribution in [0.25, 0.3) is 0 Å². The van der Waals surface area contributed by atoms with E-state index in [4.69, 9.17) is 14.3 Å². The first-order chi connectivity index (χ1) is 6.58. The van der Waals surface area contributed by atoms with E-state index in [0.29, 0.717) is 6.42 Å². The maximum atomic E-state index is 10.5. The second kappa shape index (κ2) is 4.59. The number of hydrogen-bond donors (Lipinski definition) is 0. The lowest BCUT2D eigenvalue weighted by Gasteiger charge is -2.06. The molecular formula is C8H11NO5. The molecule has 6 heteroatoms. The van der Waals surface area contributed by atoms with Gasteiger partial charge < -0.3 is 14.3 Å². The quantitative estimate of drug-likeness (QED) is 0.597. The highest BCUT2D eigenvalue weighted by atomic mass is 16.7. The molecule has 0 aromatic rings. The van der Waals surface area contributed by atoms with E-state index in [1.54, 1.807) is 0 Å². The number of esters is 2. The highest BCUT2D eigenvalue weighted by molar-refractivity contribution is 5.88. The molecule has 6 nitrogen and oxygen atoms in total. The fourth-order valence-electron chi connectivity index (χ4n) is 0.928. The number of carbonyl (C=O) groups is 2. The van der Waals surface area contributed by atoms with E-state index in [1.807, 2.05) is 0 Å². The molecule has 1 unspecified atom stereocenters. The number of nitrogens with zero attached hydrogens (tertiary/aromatic N) is 1. The Morgan fingerprint density at radius 2 is 2.21 bits per heavy atom. The van der Waals surface area contributed by atoms with E-state index in [9.17, 15) is 9.59 Å². The second-order valence-corrected chi connectivity index (χ2v) is 2.81. The number of hydrogen-bond acceptors (Lipinski definition) is 6. The normalized spacial score (nSPS) is 19.6. The lowest BCUT2D eigenvalue weighted by molar-refractivity contribution is -0.144. The number of rotatable bonds is 2. The zero-order valence-electron chi connectivity index (χ0n) is 7.98. The molecule has 0 bridgehead atoms. The Kier molecular flexibility index (Phi) is 3.44. The predicted molar refractivity (Wildman–Crippen MR) is 45.3 cm³/mol. The van der Waals surface area contributed by atoms with E-state index in [2.05, 4.69) is 5.16 Å². The molecule has 0 aromatic heterocycles. The van der Waals surface area contributed by atoms with Crippen molar-refractivity contribution in [3.8, 4) is 0 Å². The first-order valence-corrected chi connectivity index (χ1v) is 4.12. The van der Waals surface area contributed by atoms with Crippen LogP contribution in [0.1, 0.15) is 20.3 Å². The minimum absolute atomic E-state index is 0.115. The number of carbonyl (C=O) groups excluding carboxylic acids is 2. The molecule has 1 heterocycles. The Hall–Kier alpha value is -1.59. The highest BCUT2D eigenvalue weighted by Crippen LogP contribution is 2.11. The fraction of sp³-hybridized carbons (Fsp3) is 0.625. The third-order valence-corrected chi connectivity index (χ3v) is 1.44. The lowest BCUT2D eigenvalue weighted by atomic mass is 10.3. The van der Waals surface area contributed by atoms with Crippen molar-refractivity contribution in [2.75, 3.05) is 6.61 Å². The van der Waals surface area contributed by atoms with E-state index in [0.717, 1.165) is 0 Å². The molecule has 78 valence electrons. The Bertz CT molecular complexity index is 273. The predicted octanol–water partition coefficient (Wildman–Crippen LogP) is 0.215. The molecule has 0 amide bonds. The van der Waals surface area contributed by atoms with Gasteiger partial charge >= 0.3 is 11.9 Å². The van der Waals surface area contributed by atoms with Gasteiger partial charge in [0.15, 0.2) is 6.10 Å². The third kappa shape index (κ3) is 3.42. The summed E-state index contributed by atoms with van der Waals surface area (Å²) in [5.74, 6) is -0.607. The summed E-state index contributed by atoms with van der Waals surface area (Å²) in [6.45, 7) is 2.70. The van der Waals surface area contributed by atoms with E-state index < -0.39 is 5.97 Å². The van der Waals surface area contributed by atoms with Crippen molar-refractivity contribution in [2.45, 2.75) is 26.4 Å². The molecule has 1 rings (SSSR count). The van der Waals surface area contributed by atoms with Crippen molar-refractivity contribution >= 4 is 17.8 Å². The summed E-state index contributed by atoms with van der Waals surface area (Å²) >= 11 is 0. The van der Waals surface area contributed by atoms with Gasteiger partial charge in [0.2, 0.25) is 5.90 Å². The largest absolute Gasteiger partial charge is 0.462 e. The van der Waals surface area contributed by atoms with Gasteiger partial charge in [-0.25, -0.2) is 0 Å². The van der Waals surface area contributed by atoms with Gasteiger partial charge in [-0.2, -0.15) is 0 Å². The van der Waals surface area contributed by atoms with Crippen LogP contribution in [0.5, 0.6) is 0 Å². The fourth-order valence-corrected chi connectivity index (χ4v) is 0.928. The van der Waals surface area contributed by atoms with Gasteiger partial charge in [0, 0.05) is 13.8 Å². The Balaban J connectivity index is 2.24. The van der Waals surface area contributed by atoms with Gasteiger partial charge in [-0.1, -0.05) is 5.16 Å². The van der Waals surface area contributed by atoms with Gasteiger partial charge in [0.1, 0.15) is 6.61 Å². The van der Waals surface area contributed by atoms with Crippen LogP contribution < -0.4 is 0 Å². The van der Waals surface area contributed by atoms with Gasteiger partial charge in [-0.05, 0) is 0 Å². The smallest absolute Gasteiger partial charge is 0.309 e. The minimum Gasteiger partial charge on any atom is -0.462 e. The third-order valence-electron chi connectivity index (χ3n) is 1.44. The van der Waals surface area contributed by atoms with Gasteiger partial charge in [-0.3, -0.25) is 9.59 Å². The van der Waals surface area contributed by atoms with Crippen molar-refractivity contribution in [2.24, 2.45) is 5.16 Å². The first-order valence-electron chi connectivity index (χ1n) is 4.12. The SMILES string of the molecule is CC(=O)OCC1CC(OC(C)=O)=NO1. The molecule has 14 heavy (non-hydrogen) atoms. The zero-order chi connectivity index (χ0) is 10.6. The topological polar surface area (TPSA) is 74.2 Å². The van der Waals surface area contributed by atoms with Gasteiger partial charge in [-0.15, -0.1) is 0 Å². The molecule has 0 spiro atoms. The molecule has 0 radical (unpaired) electrons. The monoisotopic (exact) mass is 201 g/mol. The van der Waals surface area contributed by atoms with Crippen molar-refractivity contribution in [1.29, 1.82) is 0 Å². The molecule has 0 saturated heterocycles. The standard InChI is InChI=1S/C8H11NO5/c1-5(10)12-4-7-3-8(9-14-7)13-6(2)11/h7H,3-4H2,1-2H3. The lowest BCUT2D eigenvalue weighted by Crippen LogP contribution is -2.19. The van der Waals surface area contributed by atoms with Gasteiger partial charge in [0.25, 0.3) is 0 Å². The minimum atomic E-state index is -0.444. The molecule has 1 atom stereocenters. The van der Waals surface area contributed by atoms with Crippen molar-refractivity contribution < 1.29 is 23.9 Å². The molecule has 1 aliphatic rings. The van der Waals surface area contributed by atoms with Crippen molar-refractivity contribution in [1.82, 2.24) is 0 Å². The summed E-state index contributed by atoms with van der Waals surface area (Å²) in [5, 5.41) is 3.52. The zero-order valence-corrected chi connectivity index (χ0v) is 7.98. The Morgan fingerprint density at radius 1 is 1.50 bits per heavy atom. The second-order valence-electron chi connectivity index (χ2n) is 2.81. The molecular weight excluding hydrogens is 190 g/mol. The molecule has 0 fully saturated rings. The van der Waals surface area contributed by atoms with Crippen LogP contribution in [-0.2, 0) is 23.9 Å². The maximum Gasteiger partial charge on any atom is 0.309 e. The number of oxime groups is 1. The molecule has 0 aliphatic carbocycles. The summed E-state index contributed by atoms with van der Waals surface area (Å²) in [4.78, 5) is 25.8. The molecule has 0 N–H and O–H groups in total. The van der Waals surface area contributed by atoms with E-state index in [-0.39, 0.29) is 24.6 Å². The van der Waals surface area contributed by atoms with Crippen LogP contribution in [0.15, 0.2) is 5.16 Å². The summed E-state index contributed by atoms with van der Waals surface area (Å²) in [5.41, 5.74) is 0. The van der Waals surface area contributed by atoms with Gasteiger partial charge in [0.05, 0.1) is 6.42 Å². The highest BCUT2D eigenvalue weighted by Gasteiger charge is 2.24.